The van der Waals surface area contributed by atoms with Crippen molar-refractivity contribution in [2.45, 2.75) is 40.7 Å². The summed E-state index contributed by atoms with van der Waals surface area (Å²) in [7, 11) is 0. The first-order chi connectivity index (χ1) is 4.54. The maximum absolute atomic E-state index is 3.48. The minimum Gasteiger partial charge on any atom is -0.314 e. The predicted molar refractivity (Wildman–Crippen MR) is 54.4 cm³/mol. The van der Waals surface area contributed by atoms with E-state index in [2.05, 4.69) is 39.9 Å². The molecule has 0 aromatic carbocycles. The van der Waals surface area contributed by atoms with Gasteiger partial charge in [0.25, 0.3) is 0 Å². The Hall–Kier alpha value is 0.250. The summed E-state index contributed by atoms with van der Waals surface area (Å²) in [6, 6.07) is 0.655. The maximum atomic E-state index is 3.48. The lowest BCUT2D eigenvalue weighted by Gasteiger charge is -2.18. The maximum Gasteiger partial charge on any atom is 0.00618 e. The number of halogens is 1. The van der Waals surface area contributed by atoms with Gasteiger partial charge in [-0.15, -0.1) is 12.4 Å². The standard InChI is InChI=1S/C9H21N.ClH/c1-7(2)6-10-9(5)8(3)4;/h7-10H,6H2,1-5H3;1H. The molecule has 0 rings (SSSR count). The molecule has 0 saturated heterocycles. The van der Waals surface area contributed by atoms with Crippen LogP contribution in [-0.4, -0.2) is 12.6 Å². The molecule has 0 heterocycles. The predicted octanol–water partition coefficient (Wildman–Crippen LogP) is 2.70. The normalized spacial score (nSPS) is 13.4. The van der Waals surface area contributed by atoms with Gasteiger partial charge in [-0.3, -0.25) is 0 Å². The third kappa shape index (κ3) is 8.15. The molecule has 0 saturated carbocycles. The quantitative estimate of drug-likeness (QED) is 0.700. The molecule has 0 bridgehead atoms. The van der Waals surface area contributed by atoms with Gasteiger partial charge in [-0.05, 0) is 25.3 Å². The largest absolute Gasteiger partial charge is 0.314 e. The molecule has 0 aliphatic heterocycles. The summed E-state index contributed by atoms with van der Waals surface area (Å²) >= 11 is 0. The average Bonchev–Trinajstić information content (AvgIpc) is 1.82. The molecule has 1 N–H and O–H groups in total. The van der Waals surface area contributed by atoms with E-state index in [4.69, 9.17) is 0 Å². The third-order valence-electron chi connectivity index (χ3n) is 1.85. The Morgan fingerprint density at radius 1 is 1.00 bits per heavy atom. The highest BCUT2D eigenvalue weighted by Gasteiger charge is 2.05. The molecule has 70 valence electrons. The number of hydrogen-bond donors (Lipinski definition) is 1. The number of nitrogens with one attached hydrogen (secondary N) is 1. The molecule has 0 aliphatic rings. The van der Waals surface area contributed by atoms with Crippen molar-refractivity contribution in [1.29, 1.82) is 0 Å². The van der Waals surface area contributed by atoms with E-state index >= 15 is 0 Å². The zero-order valence-corrected chi connectivity index (χ0v) is 9.16. The van der Waals surface area contributed by atoms with Crippen LogP contribution >= 0.6 is 12.4 Å². The Kier molecular flexibility index (Phi) is 8.70. The Balaban J connectivity index is 0. The topological polar surface area (TPSA) is 12.0 Å². The second-order valence-corrected chi connectivity index (χ2v) is 3.83. The van der Waals surface area contributed by atoms with Gasteiger partial charge in [-0.2, -0.15) is 0 Å². The Labute approximate surface area is 77.4 Å². The van der Waals surface area contributed by atoms with Crippen LogP contribution < -0.4 is 5.32 Å². The molecule has 0 aromatic heterocycles. The van der Waals surface area contributed by atoms with E-state index in [1.165, 1.54) is 0 Å². The fraction of sp³-hybridized carbons (Fsp3) is 1.00. The smallest absolute Gasteiger partial charge is 0.00618 e. The first-order valence-electron chi connectivity index (χ1n) is 4.27. The highest BCUT2D eigenvalue weighted by molar-refractivity contribution is 5.85. The monoisotopic (exact) mass is 179 g/mol. The molecule has 2 heteroatoms. The minimum atomic E-state index is 0. The zero-order chi connectivity index (χ0) is 8.15. The first-order valence-corrected chi connectivity index (χ1v) is 4.27. The van der Waals surface area contributed by atoms with Gasteiger partial charge in [-0.1, -0.05) is 27.7 Å². The fourth-order valence-electron chi connectivity index (χ4n) is 0.657. The Morgan fingerprint density at radius 3 is 1.73 bits per heavy atom. The van der Waals surface area contributed by atoms with Crippen LogP contribution in [0.15, 0.2) is 0 Å². The summed E-state index contributed by atoms with van der Waals surface area (Å²) in [5, 5.41) is 3.48. The summed E-state index contributed by atoms with van der Waals surface area (Å²) in [5.41, 5.74) is 0. The van der Waals surface area contributed by atoms with Gasteiger partial charge < -0.3 is 5.32 Å². The van der Waals surface area contributed by atoms with Crippen LogP contribution in [0.25, 0.3) is 0 Å². The SMILES string of the molecule is CC(C)CNC(C)C(C)C.Cl. The molecule has 0 amide bonds. The molecular formula is C9H22ClN. The highest BCUT2D eigenvalue weighted by atomic mass is 35.5. The van der Waals surface area contributed by atoms with Crippen molar-refractivity contribution in [1.82, 2.24) is 5.32 Å². The molecule has 0 aromatic rings. The van der Waals surface area contributed by atoms with E-state index in [0.29, 0.717) is 6.04 Å². The van der Waals surface area contributed by atoms with E-state index in [-0.39, 0.29) is 12.4 Å². The molecule has 0 aliphatic carbocycles. The van der Waals surface area contributed by atoms with Gasteiger partial charge in [0.15, 0.2) is 0 Å². The number of hydrogen-bond acceptors (Lipinski definition) is 1. The lowest BCUT2D eigenvalue weighted by atomic mass is 10.1. The van der Waals surface area contributed by atoms with E-state index < -0.39 is 0 Å². The second kappa shape index (κ2) is 6.93. The molecular weight excluding hydrogens is 158 g/mol. The highest BCUT2D eigenvalue weighted by Crippen LogP contribution is 2.00. The van der Waals surface area contributed by atoms with Crippen molar-refractivity contribution in [3.05, 3.63) is 0 Å². The van der Waals surface area contributed by atoms with Crippen LogP contribution in [0, 0.1) is 11.8 Å². The summed E-state index contributed by atoms with van der Waals surface area (Å²) in [5.74, 6) is 1.51. The van der Waals surface area contributed by atoms with Crippen LogP contribution in [-0.2, 0) is 0 Å². The van der Waals surface area contributed by atoms with Gasteiger partial charge in [0.05, 0.1) is 0 Å². The molecule has 0 radical (unpaired) electrons. The Bertz CT molecular complexity index is 81.6. The molecule has 1 unspecified atom stereocenters. The van der Waals surface area contributed by atoms with E-state index in [1.807, 2.05) is 0 Å². The molecule has 1 atom stereocenters. The summed E-state index contributed by atoms with van der Waals surface area (Å²) in [4.78, 5) is 0. The van der Waals surface area contributed by atoms with Gasteiger partial charge >= 0.3 is 0 Å². The van der Waals surface area contributed by atoms with Gasteiger partial charge in [0.1, 0.15) is 0 Å². The van der Waals surface area contributed by atoms with Crippen LogP contribution in [0.2, 0.25) is 0 Å². The van der Waals surface area contributed by atoms with Crippen molar-refractivity contribution in [2.24, 2.45) is 11.8 Å². The third-order valence-corrected chi connectivity index (χ3v) is 1.85. The second-order valence-electron chi connectivity index (χ2n) is 3.83. The van der Waals surface area contributed by atoms with Crippen LogP contribution in [0.3, 0.4) is 0 Å². The van der Waals surface area contributed by atoms with Gasteiger partial charge in [0, 0.05) is 6.04 Å². The van der Waals surface area contributed by atoms with Crippen molar-refractivity contribution >= 4 is 12.4 Å². The van der Waals surface area contributed by atoms with E-state index in [0.717, 1.165) is 18.4 Å². The van der Waals surface area contributed by atoms with Gasteiger partial charge in [0.2, 0.25) is 0 Å². The van der Waals surface area contributed by atoms with E-state index in [9.17, 15) is 0 Å². The number of rotatable bonds is 4. The first kappa shape index (κ1) is 13.8. The lowest BCUT2D eigenvalue weighted by molar-refractivity contribution is 0.401. The average molecular weight is 180 g/mol. The Morgan fingerprint density at radius 2 is 1.45 bits per heavy atom. The van der Waals surface area contributed by atoms with Crippen LogP contribution in [0.1, 0.15) is 34.6 Å². The molecule has 11 heavy (non-hydrogen) atoms. The fourth-order valence-corrected chi connectivity index (χ4v) is 0.657. The van der Waals surface area contributed by atoms with Crippen molar-refractivity contribution < 1.29 is 0 Å². The lowest BCUT2D eigenvalue weighted by Crippen LogP contribution is -2.33. The molecule has 0 fully saturated rings. The van der Waals surface area contributed by atoms with Gasteiger partial charge in [-0.25, -0.2) is 0 Å². The van der Waals surface area contributed by atoms with Crippen LogP contribution in [0.4, 0.5) is 0 Å². The van der Waals surface area contributed by atoms with Crippen LogP contribution in [0.5, 0.6) is 0 Å². The van der Waals surface area contributed by atoms with Crippen molar-refractivity contribution in [3.63, 3.8) is 0 Å². The summed E-state index contributed by atoms with van der Waals surface area (Å²) in [6.07, 6.45) is 0. The molecule has 1 nitrogen and oxygen atoms in total. The van der Waals surface area contributed by atoms with Crippen molar-refractivity contribution in [3.8, 4) is 0 Å². The zero-order valence-electron chi connectivity index (χ0n) is 8.35. The van der Waals surface area contributed by atoms with E-state index in [1.54, 1.807) is 0 Å². The summed E-state index contributed by atoms with van der Waals surface area (Å²) < 4.78 is 0. The minimum absolute atomic E-state index is 0. The molecule has 0 spiro atoms. The summed E-state index contributed by atoms with van der Waals surface area (Å²) in [6.45, 7) is 12.3. The van der Waals surface area contributed by atoms with Crippen molar-refractivity contribution in [2.75, 3.05) is 6.54 Å².